The standard InChI is InChI=1S/C15H14ClFN2O2S/c16-13-5-3-6-14(15(13)17)22(20,21)19(12-7-8-12)10-11-4-1-2-9-18-11/h1-6,9,12H,7-8,10H2. The van der Waals surface area contributed by atoms with Gasteiger partial charge in [-0.15, -0.1) is 0 Å². The van der Waals surface area contributed by atoms with E-state index >= 15 is 0 Å². The van der Waals surface area contributed by atoms with E-state index < -0.39 is 15.8 Å². The molecule has 1 saturated carbocycles. The van der Waals surface area contributed by atoms with Crippen LogP contribution in [0, 0.1) is 5.82 Å². The van der Waals surface area contributed by atoms with Crippen LogP contribution in [0.1, 0.15) is 18.5 Å². The molecule has 0 saturated heterocycles. The van der Waals surface area contributed by atoms with Gasteiger partial charge >= 0.3 is 0 Å². The smallest absolute Gasteiger partial charge is 0.246 e. The Hall–Kier alpha value is -1.50. The highest BCUT2D eigenvalue weighted by molar-refractivity contribution is 7.89. The van der Waals surface area contributed by atoms with Gasteiger partial charge in [-0.25, -0.2) is 12.8 Å². The van der Waals surface area contributed by atoms with Crippen molar-refractivity contribution < 1.29 is 12.8 Å². The average Bonchev–Trinajstić information content (AvgIpc) is 3.33. The Morgan fingerprint density at radius 2 is 2.00 bits per heavy atom. The topological polar surface area (TPSA) is 50.3 Å². The zero-order valence-corrected chi connectivity index (χ0v) is 13.2. The van der Waals surface area contributed by atoms with E-state index in [1.54, 1.807) is 24.4 Å². The van der Waals surface area contributed by atoms with E-state index in [1.165, 1.54) is 22.5 Å². The van der Waals surface area contributed by atoms with E-state index in [9.17, 15) is 12.8 Å². The summed E-state index contributed by atoms with van der Waals surface area (Å²) in [4.78, 5) is 3.76. The Kier molecular flexibility index (Phi) is 4.16. The summed E-state index contributed by atoms with van der Waals surface area (Å²) in [6.45, 7) is 0.125. The van der Waals surface area contributed by atoms with E-state index in [4.69, 9.17) is 11.6 Å². The number of sulfonamides is 1. The van der Waals surface area contributed by atoms with Crippen LogP contribution in [0.25, 0.3) is 0 Å². The van der Waals surface area contributed by atoms with Crippen molar-refractivity contribution >= 4 is 21.6 Å². The molecule has 0 N–H and O–H groups in total. The van der Waals surface area contributed by atoms with Crippen LogP contribution in [-0.4, -0.2) is 23.7 Å². The second-order valence-corrected chi connectivity index (χ2v) is 7.42. The normalized spacial score (nSPS) is 15.2. The molecular formula is C15H14ClFN2O2S. The quantitative estimate of drug-likeness (QED) is 0.839. The molecule has 0 amide bonds. The highest BCUT2D eigenvalue weighted by Gasteiger charge is 2.39. The highest BCUT2D eigenvalue weighted by atomic mass is 35.5. The highest BCUT2D eigenvalue weighted by Crippen LogP contribution is 2.34. The van der Waals surface area contributed by atoms with E-state index in [2.05, 4.69) is 4.98 Å². The third-order valence-electron chi connectivity index (χ3n) is 3.50. The molecule has 3 rings (SSSR count). The lowest BCUT2D eigenvalue weighted by Crippen LogP contribution is -2.33. The SMILES string of the molecule is O=S(=O)(c1cccc(Cl)c1F)N(Cc1ccccn1)C1CC1. The van der Waals surface area contributed by atoms with Gasteiger partial charge in [-0.1, -0.05) is 23.7 Å². The molecule has 1 heterocycles. The second kappa shape index (κ2) is 5.95. The summed E-state index contributed by atoms with van der Waals surface area (Å²) in [5, 5.41) is -0.199. The van der Waals surface area contributed by atoms with Crippen LogP contribution in [-0.2, 0) is 16.6 Å². The van der Waals surface area contributed by atoms with Gasteiger partial charge in [0.15, 0.2) is 5.82 Å². The first-order chi connectivity index (χ1) is 10.5. The fourth-order valence-corrected chi connectivity index (χ4v) is 4.21. The van der Waals surface area contributed by atoms with Crippen molar-refractivity contribution in [2.45, 2.75) is 30.3 Å². The summed E-state index contributed by atoms with van der Waals surface area (Å²) in [5.74, 6) is -0.907. The summed E-state index contributed by atoms with van der Waals surface area (Å²) >= 11 is 5.71. The molecule has 7 heteroatoms. The number of halogens is 2. The molecule has 0 radical (unpaired) electrons. The molecule has 116 valence electrons. The van der Waals surface area contributed by atoms with Crippen LogP contribution >= 0.6 is 11.6 Å². The minimum Gasteiger partial charge on any atom is -0.260 e. The van der Waals surface area contributed by atoms with Crippen molar-refractivity contribution in [1.82, 2.24) is 9.29 Å². The molecule has 0 bridgehead atoms. The summed E-state index contributed by atoms with van der Waals surface area (Å²) in [5.41, 5.74) is 0.625. The maximum absolute atomic E-state index is 14.1. The van der Waals surface area contributed by atoms with Gasteiger partial charge < -0.3 is 0 Å². The van der Waals surface area contributed by atoms with Gasteiger partial charge in [-0.05, 0) is 37.1 Å². The number of hydrogen-bond acceptors (Lipinski definition) is 3. The number of nitrogens with zero attached hydrogens (tertiary/aromatic N) is 2. The van der Waals surface area contributed by atoms with E-state index in [-0.39, 0.29) is 22.5 Å². The van der Waals surface area contributed by atoms with E-state index in [0.717, 1.165) is 12.8 Å². The van der Waals surface area contributed by atoms with Gasteiger partial charge in [0.05, 0.1) is 17.3 Å². The largest absolute Gasteiger partial charge is 0.260 e. The Labute approximate surface area is 133 Å². The van der Waals surface area contributed by atoms with Gasteiger partial charge in [-0.2, -0.15) is 4.31 Å². The molecule has 0 spiro atoms. The minimum absolute atomic E-state index is 0.106. The van der Waals surface area contributed by atoms with E-state index in [0.29, 0.717) is 5.69 Å². The maximum Gasteiger partial charge on any atom is 0.246 e. The summed E-state index contributed by atoms with van der Waals surface area (Å²) in [7, 11) is -3.96. The Morgan fingerprint density at radius 3 is 2.64 bits per heavy atom. The molecule has 1 fully saturated rings. The van der Waals surface area contributed by atoms with Crippen molar-refractivity contribution in [2.75, 3.05) is 0 Å². The third kappa shape index (κ3) is 2.99. The zero-order valence-electron chi connectivity index (χ0n) is 11.6. The van der Waals surface area contributed by atoms with E-state index in [1.807, 2.05) is 0 Å². The monoisotopic (exact) mass is 340 g/mol. The lowest BCUT2D eigenvalue weighted by atomic mass is 10.3. The lowest BCUT2D eigenvalue weighted by molar-refractivity contribution is 0.391. The van der Waals surface area contributed by atoms with Crippen LogP contribution in [0.3, 0.4) is 0 Å². The fourth-order valence-electron chi connectivity index (χ4n) is 2.23. The molecule has 1 aromatic heterocycles. The Morgan fingerprint density at radius 1 is 1.23 bits per heavy atom. The molecule has 0 aliphatic heterocycles. The molecule has 0 atom stereocenters. The lowest BCUT2D eigenvalue weighted by Gasteiger charge is -2.22. The first kappa shape index (κ1) is 15.4. The average molecular weight is 341 g/mol. The Balaban J connectivity index is 1.98. The minimum atomic E-state index is -3.96. The number of rotatable bonds is 5. The van der Waals surface area contributed by atoms with Crippen molar-refractivity contribution in [3.63, 3.8) is 0 Å². The predicted molar refractivity (Wildman–Crippen MR) is 81.4 cm³/mol. The predicted octanol–water partition coefficient (Wildman–Crippen LogP) is 3.23. The van der Waals surface area contributed by atoms with Gasteiger partial charge in [0.2, 0.25) is 10.0 Å². The second-order valence-electron chi connectivity index (χ2n) is 5.15. The van der Waals surface area contributed by atoms with Crippen LogP contribution in [0.15, 0.2) is 47.5 Å². The molecule has 1 aromatic carbocycles. The zero-order chi connectivity index (χ0) is 15.7. The van der Waals surface area contributed by atoms with Gasteiger partial charge in [0, 0.05) is 12.2 Å². The molecule has 0 unspecified atom stereocenters. The summed E-state index contributed by atoms with van der Waals surface area (Å²) in [6, 6.07) is 9.20. The van der Waals surface area contributed by atoms with Crippen LogP contribution in [0.2, 0.25) is 5.02 Å². The molecule has 22 heavy (non-hydrogen) atoms. The first-order valence-electron chi connectivity index (χ1n) is 6.86. The fraction of sp³-hybridized carbons (Fsp3) is 0.267. The third-order valence-corrected chi connectivity index (χ3v) is 5.71. The van der Waals surface area contributed by atoms with Crippen LogP contribution < -0.4 is 0 Å². The molecule has 4 nitrogen and oxygen atoms in total. The molecule has 1 aliphatic rings. The summed E-state index contributed by atoms with van der Waals surface area (Å²) < 4.78 is 41.0. The van der Waals surface area contributed by atoms with Crippen LogP contribution in [0.4, 0.5) is 4.39 Å². The van der Waals surface area contributed by atoms with Gasteiger partial charge in [0.25, 0.3) is 0 Å². The van der Waals surface area contributed by atoms with Crippen molar-refractivity contribution in [3.8, 4) is 0 Å². The van der Waals surface area contributed by atoms with Crippen molar-refractivity contribution in [2.24, 2.45) is 0 Å². The number of pyridine rings is 1. The van der Waals surface area contributed by atoms with Crippen molar-refractivity contribution in [3.05, 3.63) is 59.1 Å². The van der Waals surface area contributed by atoms with Gasteiger partial charge in [-0.3, -0.25) is 4.98 Å². The molecule has 2 aromatic rings. The summed E-state index contributed by atoms with van der Waals surface area (Å²) in [6.07, 6.45) is 3.15. The molecular weight excluding hydrogens is 327 g/mol. The molecule has 1 aliphatic carbocycles. The number of hydrogen-bond donors (Lipinski definition) is 0. The van der Waals surface area contributed by atoms with Crippen LogP contribution in [0.5, 0.6) is 0 Å². The van der Waals surface area contributed by atoms with Crippen molar-refractivity contribution in [1.29, 1.82) is 0 Å². The maximum atomic E-state index is 14.1. The number of benzene rings is 1. The first-order valence-corrected chi connectivity index (χ1v) is 8.67. The Bertz CT molecular complexity index is 779. The van der Waals surface area contributed by atoms with Gasteiger partial charge in [0.1, 0.15) is 4.90 Å². The number of aromatic nitrogens is 1.